The molecular weight excluding hydrogens is 444 g/mol. The maximum atomic E-state index is 5.86. The second-order valence-corrected chi connectivity index (χ2v) is 9.50. The average Bonchev–Trinajstić information content (AvgIpc) is 3.76. The second kappa shape index (κ2) is 9.53. The summed E-state index contributed by atoms with van der Waals surface area (Å²) >= 11 is 0. The normalized spacial score (nSPS) is 22.4. The number of rotatable bonds is 12. The molecule has 0 saturated carbocycles. The highest BCUT2D eigenvalue weighted by Gasteiger charge is 2.32. The van der Waals surface area contributed by atoms with Gasteiger partial charge in [-0.3, -0.25) is 0 Å². The van der Waals surface area contributed by atoms with E-state index in [1.807, 2.05) is 36.4 Å². The van der Waals surface area contributed by atoms with Crippen molar-refractivity contribution in [1.82, 2.24) is 0 Å². The minimum atomic E-state index is -0.381. The molecule has 3 heterocycles. The van der Waals surface area contributed by atoms with Crippen LogP contribution in [-0.2, 0) is 19.6 Å². The SMILES string of the molecule is CC(c1ccc(OC[C@@H]2CO2)cc1)(c1ccc(OC[C@@H]2CO2)cc1)c1ccc(OC[C@@H]2CO2)cc1. The highest BCUT2D eigenvalue weighted by molar-refractivity contribution is 5.52. The van der Waals surface area contributed by atoms with E-state index in [4.69, 9.17) is 28.4 Å². The lowest BCUT2D eigenvalue weighted by molar-refractivity contribution is 0.262. The van der Waals surface area contributed by atoms with Crippen LogP contribution in [0.1, 0.15) is 23.6 Å². The van der Waals surface area contributed by atoms with Crippen LogP contribution >= 0.6 is 0 Å². The first-order valence-electron chi connectivity index (χ1n) is 12.2. The topological polar surface area (TPSA) is 65.3 Å². The molecule has 35 heavy (non-hydrogen) atoms. The first kappa shape index (κ1) is 22.4. The summed E-state index contributed by atoms with van der Waals surface area (Å²) in [4.78, 5) is 0. The van der Waals surface area contributed by atoms with Crippen molar-refractivity contribution >= 4 is 0 Å². The quantitative estimate of drug-likeness (QED) is 0.287. The highest BCUT2D eigenvalue weighted by Crippen LogP contribution is 2.40. The molecular formula is C29H30O6. The number of ether oxygens (including phenoxy) is 6. The second-order valence-electron chi connectivity index (χ2n) is 9.50. The molecule has 3 aromatic rings. The first-order valence-corrected chi connectivity index (χ1v) is 12.2. The molecule has 0 aromatic heterocycles. The Morgan fingerprint density at radius 3 is 1.03 bits per heavy atom. The summed E-state index contributed by atoms with van der Waals surface area (Å²) in [5.41, 5.74) is 3.14. The van der Waals surface area contributed by atoms with Gasteiger partial charge in [0.2, 0.25) is 0 Å². The molecule has 0 spiro atoms. The van der Waals surface area contributed by atoms with Gasteiger partial charge in [-0.25, -0.2) is 0 Å². The average molecular weight is 475 g/mol. The van der Waals surface area contributed by atoms with Crippen molar-refractivity contribution in [2.45, 2.75) is 30.7 Å². The zero-order chi connectivity index (χ0) is 23.7. The zero-order valence-corrected chi connectivity index (χ0v) is 19.9. The van der Waals surface area contributed by atoms with Crippen LogP contribution in [0.15, 0.2) is 72.8 Å². The summed E-state index contributed by atoms with van der Waals surface area (Å²) < 4.78 is 33.3. The molecule has 182 valence electrons. The summed E-state index contributed by atoms with van der Waals surface area (Å²) in [5, 5.41) is 0. The van der Waals surface area contributed by atoms with Gasteiger partial charge in [0.15, 0.2) is 0 Å². The molecule has 0 N–H and O–H groups in total. The lowest BCUT2D eigenvalue weighted by atomic mass is 9.71. The summed E-state index contributed by atoms with van der Waals surface area (Å²) in [7, 11) is 0. The predicted molar refractivity (Wildman–Crippen MR) is 131 cm³/mol. The summed E-state index contributed by atoms with van der Waals surface area (Å²) in [6.07, 6.45) is 0.707. The van der Waals surface area contributed by atoms with E-state index in [0.29, 0.717) is 19.8 Å². The number of hydrogen-bond acceptors (Lipinski definition) is 6. The summed E-state index contributed by atoms with van der Waals surface area (Å²) in [6, 6.07) is 25.1. The molecule has 3 atom stereocenters. The van der Waals surface area contributed by atoms with Crippen molar-refractivity contribution < 1.29 is 28.4 Å². The van der Waals surface area contributed by atoms with Gasteiger partial charge < -0.3 is 28.4 Å². The Balaban J connectivity index is 1.26. The highest BCUT2D eigenvalue weighted by atomic mass is 16.6. The monoisotopic (exact) mass is 474 g/mol. The predicted octanol–water partition coefficient (Wildman–Crippen LogP) is 4.37. The van der Waals surface area contributed by atoms with Gasteiger partial charge in [0.05, 0.1) is 19.8 Å². The molecule has 0 bridgehead atoms. The lowest BCUT2D eigenvalue weighted by Gasteiger charge is -2.32. The van der Waals surface area contributed by atoms with E-state index in [9.17, 15) is 0 Å². The van der Waals surface area contributed by atoms with Gasteiger partial charge in [-0.05, 0) is 60.0 Å². The molecule has 3 fully saturated rings. The van der Waals surface area contributed by atoms with Crippen molar-refractivity contribution in [2.75, 3.05) is 39.6 Å². The van der Waals surface area contributed by atoms with Crippen molar-refractivity contribution in [3.63, 3.8) is 0 Å². The Kier molecular flexibility index (Phi) is 6.10. The Bertz CT molecular complexity index is 969. The molecule has 0 aliphatic carbocycles. The standard InChI is InChI=1S/C29H30O6/c1-29(20-2-8-23(9-3-20)30-14-26-17-33-26,21-4-10-24(11-5-21)31-15-27-18-34-27)22-6-12-25(13-7-22)32-16-28-19-35-28/h2-13,26-28H,14-19H2,1H3/t26-,27-,28-/m1/s1. The van der Waals surface area contributed by atoms with Crippen LogP contribution in [0.4, 0.5) is 0 Å². The van der Waals surface area contributed by atoms with E-state index < -0.39 is 0 Å². The molecule has 3 aliphatic rings. The van der Waals surface area contributed by atoms with E-state index in [1.54, 1.807) is 0 Å². The van der Waals surface area contributed by atoms with Gasteiger partial charge in [-0.2, -0.15) is 0 Å². The first-order chi connectivity index (χ1) is 17.2. The fourth-order valence-corrected chi connectivity index (χ4v) is 4.21. The minimum absolute atomic E-state index is 0.236. The van der Waals surface area contributed by atoms with Crippen LogP contribution in [0, 0.1) is 0 Å². The van der Waals surface area contributed by atoms with Gasteiger partial charge in [-0.1, -0.05) is 36.4 Å². The molecule has 3 aromatic carbocycles. The summed E-state index contributed by atoms with van der Waals surface area (Å²) in [6.45, 7) is 6.40. The fraction of sp³-hybridized carbons (Fsp3) is 0.379. The van der Waals surface area contributed by atoms with Gasteiger partial charge in [0, 0.05) is 5.41 Å². The largest absolute Gasteiger partial charge is 0.491 e. The van der Waals surface area contributed by atoms with Crippen LogP contribution in [0.25, 0.3) is 0 Å². The maximum absolute atomic E-state index is 5.86. The molecule has 0 amide bonds. The fourth-order valence-electron chi connectivity index (χ4n) is 4.21. The number of benzene rings is 3. The van der Waals surface area contributed by atoms with Gasteiger partial charge in [0.25, 0.3) is 0 Å². The Morgan fingerprint density at radius 2 is 0.800 bits per heavy atom. The Hall–Kier alpha value is -3.06. The minimum Gasteiger partial charge on any atom is -0.491 e. The van der Waals surface area contributed by atoms with E-state index in [2.05, 4.69) is 43.3 Å². The van der Waals surface area contributed by atoms with E-state index >= 15 is 0 Å². The van der Waals surface area contributed by atoms with Crippen LogP contribution in [0.3, 0.4) is 0 Å². The van der Waals surface area contributed by atoms with Crippen molar-refractivity contribution in [3.05, 3.63) is 89.5 Å². The third kappa shape index (κ3) is 5.45. The third-order valence-corrected chi connectivity index (χ3v) is 6.81. The van der Waals surface area contributed by atoms with Gasteiger partial charge >= 0.3 is 0 Å². The maximum Gasteiger partial charge on any atom is 0.119 e. The number of hydrogen-bond donors (Lipinski definition) is 0. The van der Waals surface area contributed by atoms with Gasteiger partial charge in [-0.15, -0.1) is 0 Å². The summed E-state index contributed by atoms with van der Waals surface area (Å²) in [5.74, 6) is 2.55. The van der Waals surface area contributed by atoms with Crippen LogP contribution in [0.5, 0.6) is 17.2 Å². The third-order valence-electron chi connectivity index (χ3n) is 6.81. The Morgan fingerprint density at radius 1 is 0.543 bits per heavy atom. The van der Waals surface area contributed by atoms with Crippen molar-refractivity contribution in [3.8, 4) is 17.2 Å². The zero-order valence-electron chi connectivity index (χ0n) is 19.9. The van der Waals surface area contributed by atoms with E-state index in [0.717, 1.165) is 37.1 Å². The van der Waals surface area contributed by atoms with Crippen molar-refractivity contribution in [2.24, 2.45) is 0 Å². The van der Waals surface area contributed by atoms with Crippen LogP contribution in [-0.4, -0.2) is 58.0 Å². The van der Waals surface area contributed by atoms with Crippen LogP contribution in [0.2, 0.25) is 0 Å². The van der Waals surface area contributed by atoms with E-state index in [1.165, 1.54) is 16.7 Å². The van der Waals surface area contributed by atoms with Crippen LogP contribution < -0.4 is 14.2 Å². The van der Waals surface area contributed by atoms with Gasteiger partial charge in [0.1, 0.15) is 55.4 Å². The molecule has 3 aliphatic heterocycles. The number of epoxide rings is 3. The molecule has 3 saturated heterocycles. The molecule has 6 rings (SSSR count). The molecule has 6 nitrogen and oxygen atoms in total. The smallest absolute Gasteiger partial charge is 0.119 e. The molecule has 0 unspecified atom stereocenters. The molecule has 6 heteroatoms. The van der Waals surface area contributed by atoms with E-state index in [-0.39, 0.29) is 23.7 Å². The molecule has 0 radical (unpaired) electrons. The van der Waals surface area contributed by atoms with Crippen molar-refractivity contribution in [1.29, 1.82) is 0 Å². The lowest BCUT2D eigenvalue weighted by Crippen LogP contribution is -2.25. The Labute approximate surface area is 205 Å².